The molecule has 0 heterocycles. The normalized spacial score (nSPS) is 13.8. The summed E-state index contributed by atoms with van der Waals surface area (Å²) in [7, 11) is -7.48. The quantitative estimate of drug-likeness (QED) is 0.542. The van der Waals surface area contributed by atoms with E-state index in [4.69, 9.17) is 4.18 Å². The fourth-order valence-corrected chi connectivity index (χ4v) is 4.10. The second kappa shape index (κ2) is 8.59. The van der Waals surface area contributed by atoms with Gasteiger partial charge in [-0.05, 0) is 31.2 Å². The Morgan fingerprint density at radius 3 is 2.19 bits per heavy atom. The van der Waals surface area contributed by atoms with Crippen LogP contribution < -0.4 is 0 Å². The lowest BCUT2D eigenvalue weighted by Gasteiger charge is -2.08. The minimum atomic E-state index is -3.98. The third kappa shape index (κ3) is 5.77. The number of aliphatic hydroxyl groups excluding tert-OH is 1. The Labute approximate surface area is 153 Å². The molecule has 1 N–H and O–H groups in total. The lowest BCUT2D eigenvalue weighted by atomic mass is 10.2. The Balaban J connectivity index is 1.91. The Morgan fingerprint density at radius 1 is 0.962 bits per heavy atom. The summed E-state index contributed by atoms with van der Waals surface area (Å²) < 4.78 is 53.0. The van der Waals surface area contributed by atoms with Crippen LogP contribution in [0.5, 0.6) is 0 Å². The summed E-state index contributed by atoms with van der Waals surface area (Å²) in [5.41, 5.74) is 0.909. The molecule has 0 saturated carbocycles. The highest BCUT2D eigenvalue weighted by atomic mass is 32.2. The summed E-state index contributed by atoms with van der Waals surface area (Å²) in [5.74, 6) is -0.307. The Bertz CT molecular complexity index is 947. The van der Waals surface area contributed by atoms with Crippen LogP contribution in [0.4, 0.5) is 0 Å². The van der Waals surface area contributed by atoms with Crippen molar-refractivity contribution in [3.63, 3.8) is 0 Å². The number of hydrogen-bond acceptors (Lipinski definition) is 6. The second-order valence-electron chi connectivity index (χ2n) is 5.64. The number of aryl methyl sites for hydroxylation is 1. The van der Waals surface area contributed by atoms with Gasteiger partial charge in [-0.1, -0.05) is 48.0 Å². The molecule has 2 aromatic carbocycles. The van der Waals surface area contributed by atoms with E-state index >= 15 is 0 Å². The lowest BCUT2D eigenvalue weighted by molar-refractivity contribution is 0.148. The van der Waals surface area contributed by atoms with Gasteiger partial charge in [-0.25, -0.2) is 8.42 Å². The number of benzene rings is 2. The van der Waals surface area contributed by atoms with Crippen molar-refractivity contribution in [3.8, 4) is 0 Å². The largest absolute Gasteiger partial charge is 0.387 e. The van der Waals surface area contributed by atoms with Gasteiger partial charge in [0.2, 0.25) is 0 Å². The zero-order valence-electron chi connectivity index (χ0n) is 14.1. The van der Waals surface area contributed by atoms with E-state index in [1.165, 1.54) is 36.4 Å². The van der Waals surface area contributed by atoms with Gasteiger partial charge in [-0.2, -0.15) is 8.42 Å². The maximum atomic E-state index is 12.1. The zero-order valence-corrected chi connectivity index (χ0v) is 15.8. The van der Waals surface area contributed by atoms with Crippen LogP contribution in [0.3, 0.4) is 0 Å². The van der Waals surface area contributed by atoms with E-state index < -0.39 is 32.7 Å². The van der Waals surface area contributed by atoms with Crippen molar-refractivity contribution in [1.29, 1.82) is 0 Å². The lowest BCUT2D eigenvalue weighted by Crippen LogP contribution is -2.17. The van der Waals surface area contributed by atoms with Gasteiger partial charge in [-0.15, -0.1) is 0 Å². The van der Waals surface area contributed by atoms with Crippen LogP contribution in [0.2, 0.25) is 0 Å². The molecule has 2 aromatic rings. The first-order valence-electron chi connectivity index (χ1n) is 7.79. The molecule has 1 atom stereocenters. The van der Waals surface area contributed by atoms with Crippen molar-refractivity contribution in [2.24, 2.45) is 0 Å². The molecular formula is C18H20O6S2. The van der Waals surface area contributed by atoms with Gasteiger partial charge in [0.25, 0.3) is 10.1 Å². The van der Waals surface area contributed by atoms with Gasteiger partial charge in [0.15, 0.2) is 9.84 Å². The van der Waals surface area contributed by atoms with Crippen molar-refractivity contribution in [2.75, 3.05) is 12.4 Å². The third-order valence-electron chi connectivity index (χ3n) is 3.48. The Kier molecular flexibility index (Phi) is 6.71. The van der Waals surface area contributed by atoms with E-state index in [0.717, 1.165) is 5.56 Å². The minimum absolute atomic E-state index is 0.00839. The van der Waals surface area contributed by atoms with Crippen LogP contribution in [0.25, 0.3) is 0 Å². The van der Waals surface area contributed by atoms with Crippen LogP contribution in [-0.4, -0.2) is 40.4 Å². The molecule has 0 unspecified atom stereocenters. The summed E-state index contributed by atoms with van der Waals surface area (Å²) in [6, 6.07) is 14.0. The molecule has 0 aliphatic heterocycles. The van der Waals surface area contributed by atoms with E-state index in [9.17, 15) is 21.9 Å². The highest BCUT2D eigenvalue weighted by Crippen LogP contribution is 2.14. The number of rotatable bonds is 8. The van der Waals surface area contributed by atoms with E-state index in [2.05, 4.69) is 0 Å². The molecule has 0 bridgehead atoms. The predicted octanol–water partition coefficient (Wildman–Crippen LogP) is 2.09. The fourth-order valence-electron chi connectivity index (χ4n) is 2.05. The van der Waals surface area contributed by atoms with Crippen molar-refractivity contribution in [3.05, 3.63) is 72.3 Å². The first kappa shape index (κ1) is 20.3. The van der Waals surface area contributed by atoms with Gasteiger partial charge >= 0.3 is 0 Å². The SMILES string of the molecule is Cc1ccc(S(=O)(=O)OC[C@@H](O)/C=C/CS(=O)(=O)c2ccccc2)cc1. The maximum Gasteiger partial charge on any atom is 0.297 e. The molecule has 6 nitrogen and oxygen atoms in total. The fraction of sp³-hybridized carbons (Fsp3) is 0.222. The van der Waals surface area contributed by atoms with E-state index in [1.54, 1.807) is 30.3 Å². The van der Waals surface area contributed by atoms with Crippen LogP contribution in [0.15, 0.2) is 76.5 Å². The third-order valence-corrected chi connectivity index (χ3v) is 6.40. The average molecular weight is 396 g/mol. The summed E-state index contributed by atoms with van der Waals surface area (Å²) >= 11 is 0. The van der Waals surface area contributed by atoms with E-state index in [0.29, 0.717) is 0 Å². The first-order chi connectivity index (χ1) is 12.2. The van der Waals surface area contributed by atoms with Gasteiger partial charge < -0.3 is 5.11 Å². The van der Waals surface area contributed by atoms with Crippen molar-refractivity contribution < 1.29 is 26.1 Å². The molecule has 0 aliphatic carbocycles. The number of hydrogen-bond donors (Lipinski definition) is 1. The van der Waals surface area contributed by atoms with Gasteiger partial charge in [-0.3, -0.25) is 4.18 Å². The number of sulfone groups is 1. The Morgan fingerprint density at radius 2 is 1.58 bits per heavy atom. The molecule has 0 amide bonds. The van der Waals surface area contributed by atoms with Crippen LogP contribution >= 0.6 is 0 Å². The van der Waals surface area contributed by atoms with Gasteiger partial charge in [0.05, 0.1) is 28.3 Å². The molecule has 0 aromatic heterocycles. The van der Waals surface area contributed by atoms with Crippen LogP contribution in [0.1, 0.15) is 5.56 Å². The maximum absolute atomic E-state index is 12.1. The van der Waals surface area contributed by atoms with E-state index in [1.807, 2.05) is 6.92 Å². The first-order valence-corrected chi connectivity index (χ1v) is 10.9. The second-order valence-corrected chi connectivity index (χ2v) is 9.29. The van der Waals surface area contributed by atoms with Gasteiger partial charge in [0, 0.05) is 0 Å². The molecule has 0 fully saturated rings. The molecule has 0 spiro atoms. The van der Waals surface area contributed by atoms with Gasteiger partial charge in [0.1, 0.15) is 0 Å². The summed E-state index contributed by atoms with van der Waals surface area (Å²) in [4.78, 5) is 0.170. The summed E-state index contributed by atoms with van der Waals surface area (Å²) in [6.45, 7) is 1.33. The molecular weight excluding hydrogens is 376 g/mol. The van der Waals surface area contributed by atoms with E-state index in [-0.39, 0.29) is 15.5 Å². The molecule has 2 rings (SSSR count). The highest BCUT2D eigenvalue weighted by Gasteiger charge is 2.17. The zero-order chi connectivity index (χ0) is 19.2. The summed E-state index contributed by atoms with van der Waals surface area (Å²) in [5, 5.41) is 9.80. The molecule has 0 aliphatic rings. The predicted molar refractivity (Wildman–Crippen MR) is 98.0 cm³/mol. The van der Waals surface area contributed by atoms with Crippen molar-refractivity contribution in [1.82, 2.24) is 0 Å². The Hall–Kier alpha value is -2.00. The molecule has 0 saturated heterocycles. The highest BCUT2D eigenvalue weighted by molar-refractivity contribution is 7.91. The smallest absolute Gasteiger partial charge is 0.297 e. The monoisotopic (exact) mass is 396 g/mol. The minimum Gasteiger partial charge on any atom is -0.387 e. The molecule has 8 heteroatoms. The van der Waals surface area contributed by atoms with Crippen LogP contribution in [0, 0.1) is 6.92 Å². The molecule has 26 heavy (non-hydrogen) atoms. The average Bonchev–Trinajstić information content (AvgIpc) is 2.61. The van der Waals surface area contributed by atoms with Crippen LogP contribution in [-0.2, 0) is 24.1 Å². The van der Waals surface area contributed by atoms with Crippen molar-refractivity contribution >= 4 is 20.0 Å². The molecule has 0 radical (unpaired) electrons. The molecule has 140 valence electrons. The van der Waals surface area contributed by atoms with Crippen molar-refractivity contribution in [2.45, 2.75) is 22.8 Å². The standard InChI is InChI=1S/C18H20O6S2/c1-15-9-11-18(12-10-15)26(22,23)24-14-16(19)6-5-13-25(20,21)17-7-3-2-4-8-17/h2-12,16,19H,13-14H2,1H3/b6-5+/t16-/m0/s1. The topological polar surface area (TPSA) is 97.7 Å². The number of aliphatic hydroxyl groups is 1. The summed E-state index contributed by atoms with van der Waals surface area (Å²) in [6.07, 6.45) is 1.22.